The zero-order chi connectivity index (χ0) is 13.9. The van der Waals surface area contributed by atoms with Crippen molar-refractivity contribution in [2.24, 2.45) is 5.92 Å². The average molecular weight is 272 g/mol. The van der Waals surface area contributed by atoms with Crippen LogP contribution in [0.4, 0.5) is 5.69 Å². The Morgan fingerprint density at radius 3 is 2.95 bits per heavy atom. The van der Waals surface area contributed by atoms with Crippen LogP contribution in [0.3, 0.4) is 0 Å². The lowest BCUT2D eigenvalue weighted by atomic mass is 9.85. The molecular weight excluding hydrogens is 248 g/mol. The lowest BCUT2D eigenvalue weighted by Gasteiger charge is -2.30. The summed E-state index contributed by atoms with van der Waals surface area (Å²) in [6, 6.07) is 6.42. The molecule has 3 rings (SSSR count). The Bertz CT molecular complexity index is 498. The first-order valence-corrected chi connectivity index (χ1v) is 7.92. The van der Waals surface area contributed by atoms with Crippen molar-refractivity contribution < 1.29 is 4.79 Å². The van der Waals surface area contributed by atoms with E-state index in [9.17, 15) is 4.79 Å². The van der Waals surface area contributed by atoms with Crippen LogP contribution in [0.2, 0.25) is 0 Å². The van der Waals surface area contributed by atoms with Crippen molar-refractivity contribution in [3.63, 3.8) is 0 Å². The Morgan fingerprint density at radius 2 is 2.10 bits per heavy atom. The van der Waals surface area contributed by atoms with E-state index in [2.05, 4.69) is 23.6 Å². The fraction of sp³-hybridized carbons (Fsp3) is 0.588. The standard InChI is InChI=1S/C17H24N2O/c1-12-6-2-3-10-15(12)19-17(20)14-9-4-7-13-8-5-11-18-16(13)14/h4,7,9,12,15,18H,2-3,5-6,8,10-11H2,1H3,(H,19,20). The van der Waals surface area contributed by atoms with Crippen LogP contribution in [0.5, 0.6) is 0 Å². The van der Waals surface area contributed by atoms with Crippen molar-refractivity contribution in [1.29, 1.82) is 0 Å². The smallest absolute Gasteiger partial charge is 0.253 e. The normalized spacial score (nSPS) is 25.4. The zero-order valence-electron chi connectivity index (χ0n) is 12.2. The summed E-state index contributed by atoms with van der Waals surface area (Å²) in [4.78, 5) is 12.6. The molecule has 0 radical (unpaired) electrons. The summed E-state index contributed by atoms with van der Waals surface area (Å²) in [6.45, 7) is 3.22. The van der Waals surface area contributed by atoms with E-state index in [1.54, 1.807) is 0 Å². The molecule has 2 unspecified atom stereocenters. The van der Waals surface area contributed by atoms with E-state index in [1.165, 1.54) is 24.8 Å². The van der Waals surface area contributed by atoms with E-state index in [0.717, 1.165) is 37.1 Å². The number of carbonyl (C=O) groups excluding carboxylic acids is 1. The van der Waals surface area contributed by atoms with Crippen LogP contribution < -0.4 is 10.6 Å². The molecular formula is C17H24N2O. The lowest BCUT2D eigenvalue weighted by Crippen LogP contribution is -2.41. The number of amides is 1. The summed E-state index contributed by atoms with van der Waals surface area (Å²) in [5.41, 5.74) is 3.15. The third-order valence-electron chi connectivity index (χ3n) is 4.75. The number of rotatable bonds is 2. The van der Waals surface area contributed by atoms with Gasteiger partial charge in [-0.2, -0.15) is 0 Å². The molecule has 0 aromatic heterocycles. The second-order valence-corrected chi connectivity index (χ2v) is 6.21. The van der Waals surface area contributed by atoms with Gasteiger partial charge in [0.2, 0.25) is 0 Å². The Morgan fingerprint density at radius 1 is 1.25 bits per heavy atom. The molecule has 1 aliphatic carbocycles. The molecule has 3 nitrogen and oxygen atoms in total. The van der Waals surface area contributed by atoms with E-state index < -0.39 is 0 Å². The van der Waals surface area contributed by atoms with Gasteiger partial charge in [-0.3, -0.25) is 4.79 Å². The fourth-order valence-corrected chi connectivity index (χ4v) is 3.48. The molecule has 1 aliphatic heterocycles. The van der Waals surface area contributed by atoms with E-state index in [1.807, 2.05) is 12.1 Å². The van der Waals surface area contributed by atoms with Gasteiger partial charge < -0.3 is 10.6 Å². The molecule has 1 fully saturated rings. The molecule has 0 bridgehead atoms. The first kappa shape index (κ1) is 13.5. The van der Waals surface area contributed by atoms with Crippen LogP contribution in [-0.4, -0.2) is 18.5 Å². The maximum absolute atomic E-state index is 12.6. The van der Waals surface area contributed by atoms with Gasteiger partial charge >= 0.3 is 0 Å². The van der Waals surface area contributed by atoms with Crippen LogP contribution in [0, 0.1) is 5.92 Å². The Balaban J connectivity index is 1.77. The van der Waals surface area contributed by atoms with Crippen LogP contribution in [-0.2, 0) is 6.42 Å². The number of para-hydroxylation sites is 1. The highest BCUT2D eigenvalue weighted by atomic mass is 16.1. The molecule has 2 aliphatic rings. The SMILES string of the molecule is CC1CCCCC1NC(=O)c1cccc2c1NCCC2. The van der Waals surface area contributed by atoms with E-state index in [4.69, 9.17) is 0 Å². The van der Waals surface area contributed by atoms with Gasteiger partial charge in [0.1, 0.15) is 0 Å². The number of aryl methyl sites for hydroxylation is 1. The third-order valence-corrected chi connectivity index (χ3v) is 4.75. The highest BCUT2D eigenvalue weighted by Crippen LogP contribution is 2.28. The zero-order valence-corrected chi connectivity index (χ0v) is 12.2. The van der Waals surface area contributed by atoms with E-state index >= 15 is 0 Å². The monoisotopic (exact) mass is 272 g/mol. The van der Waals surface area contributed by atoms with Gasteiger partial charge in [0.05, 0.1) is 11.3 Å². The minimum Gasteiger partial charge on any atom is -0.384 e. The van der Waals surface area contributed by atoms with Crippen molar-refractivity contribution in [2.45, 2.75) is 51.5 Å². The van der Waals surface area contributed by atoms with Crippen LogP contribution >= 0.6 is 0 Å². The van der Waals surface area contributed by atoms with Crippen molar-refractivity contribution >= 4 is 11.6 Å². The molecule has 3 heteroatoms. The number of anilines is 1. The van der Waals surface area contributed by atoms with E-state index in [-0.39, 0.29) is 5.91 Å². The molecule has 1 heterocycles. The molecule has 1 saturated carbocycles. The van der Waals surface area contributed by atoms with Crippen LogP contribution in [0.1, 0.15) is 54.9 Å². The minimum absolute atomic E-state index is 0.0926. The summed E-state index contributed by atoms with van der Waals surface area (Å²) in [6.07, 6.45) is 7.11. The minimum atomic E-state index is 0.0926. The second kappa shape index (κ2) is 5.86. The summed E-state index contributed by atoms with van der Waals surface area (Å²) in [5.74, 6) is 0.690. The van der Waals surface area contributed by atoms with Gasteiger partial charge in [-0.15, -0.1) is 0 Å². The topological polar surface area (TPSA) is 41.1 Å². The quantitative estimate of drug-likeness (QED) is 0.867. The summed E-state index contributed by atoms with van der Waals surface area (Å²) in [7, 11) is 0. The predicted molar refractivity (Wildman–Crippen MR) is 82.1 cm³/mol. The van der Waals surface area contributed by atoms with Gasteiger partial charge in [-0.05, 0) is 43.2 Å². The number of hydrogen-bond donors (Lipinski definition) is 2. The number of nitrogens with one attached hydrogen (secondary N) is 2. The Labute approximate surface area is 121 Å². The molecule has 108 valence electrons. The van der Waals surface area contributed by atoms with Crippen molar-refractivity contribution in [2.75, 3.05) is 11.9 Å². The third kappa shape index (κ3) is 2.67. The molecule has 1 aromatic rings. The first-order chi connectivity index (χ1) is 9.75. The van der Waals surface area contributed by atoms with Gasteiger partial charge in [-0.25, -0.2) is 0 Å². The molecule has 0 saturated heterocycles. The van der Waals surface area contributed by atoms with Crippen LogP contribution in [0.25, 0.3) is 0 Å². The largest absolute Gasteiger partial charge is 0.384 e. The van der Waals surface area contributed by atoms with Crippen LogP contribution in [0.15, 0.2) is 18.2 Å². The van der Waals surface area contributed by atoms with Crippen molar-refractivity contribution in [3.05, 3.63) is 29.3 Å². The lowest BCUT2D eigenvalue weighted by molar-refractivity contribution is 0.0911. The average Bonchev–Trinajstić information content (AvgIpc) is 2.49. The highest BCUT2D eigenvalue weighted by Gasteiger charge is 2.25. The molecule has 1 amide bonds. The fourth-order valence-electron chi connectivity index (χ4n) is 3.48. The molecule has 20 heavy (non-hydrogen) atoms. The maximum Gasteiger partial charge on any atom is 0.253 e. The number of benzene rings is 1. The van der Waals surface area contributed by atoms with Gasteiger partial charge in [0.25, 0.3) is 5.91 Å². The Hall–Kier alpha value is -1.51. The van der Waals surface area contributed by atoms with Gasteiger partial charge in [0.15, 0.2) is 0 Å². The second-order valence-electron chi connectivity index (χ2n) is 6.21. The Kier molecular flexibility index (Phi) is 3.95. The highest BCUT2D eigenvalue weighted by molar-refractivity contribution is 6.00. The molecule has 2 N–H and O–H groups in total. The first-order valence-electron chi connectivity index (χ1n) is 7.92. The maximum atomic E-state index is 12.6. The van der Waals surface area contributed by atoms with Gasteiger partial charge in [0, 0.05) is 12.6 Å². The molecule has 1 aromatic carbocycles. The van der Waals surface area contributed by atoms with E-state index in [0.29, 0.717) is 12.0 Å². The predicted octanol–water partition coefficient (Wildman–Crippen LogP) is 3.35. The summed E-state index contributed by atoms with van der Waals surface area (Å²) in [5, 5.41) is 6.66. The number of carbonyl (C=O) groups is 1. The summed E-state index contributed by atoms with van der Waals surface area (Å²) >= 11 is 0. The van der Waals surface area contributed by atoms with Crippen molar-refractivity contribution in [3.8, 4) is 0 Å². The van der Waals surface area contributed by atoms with Crippen molar-refractivity contribution in [1.82, 2.24) is 5.32 Å². The number of fused-ring (bicyclic) bond motifs is 1. The summed E-state index contributed by atoms with van der Waals surface area (Å²) < 4.78 is 0. The molecule has 2 atom stereocenters. The number of hydrogen-bond acceptors (Lipinski definition) is 2. The van der Waals surface area contributed by atoms with Gasteiger partial charge in [-0.1, -0.05) is 31.9 Å². The molecule has 0 spiro atoms.